The molecule has 1 aromatic rings. The van der Waals surface area contributed by atoms with E-state index in [4.69, 9.17) is 5.11 Å². The molecule has 0 aliphatic heterocycles. The molecule has 1 nitrogen and oxygen atoms in total. The Bertz CT molecular complexity index is 502. The summed E-state index contributed by atoms with van der Waals surface area (Å²) in [5.74, 6) is 8.91. The Morgan fingerprint density at radius 2 is 1.44 bits per heavy atom. The molecule has 0 amide bonds. The van der Waals surface area contributed by atoms with E-state index in [0.717, 1.165) is 17.7 Å². The SMILES string of the molecule is CC(C)(C)C#Cc1ccc(CCCCCCCCSCCCO)cc1. The lowest BCUT2D eigenvalue weighted by molar-refractivity contribution is 0.296. The van der Waals surface area contributed by atoms with Crippen LogP contribution >= 0.6 is 11.8 Å². The topological polar surface area (TPSA) is 20.2 Å². The van der Waals surface area contributed by atoms with Crippen molar-refractivity contribution in [3.63, 3.8) is 0 Å². The number of thioether (sulfide) groups is 1. The molecule has 25 heavy (non-hydrogen) atoms. The van der Waals surface area contributed by atoms with E-state index in [0.29, 0.717) is 6.61 Å². The van der Waals surface area contributed by atoms with Gasteiger partial charge in [-0.2, -0.15) is 11.8 Å². The highest BCUT2D eigenvalue weighted by Gasteiger charge is 2.03. The molecule has 1 rings (SSSR count). The molecule has 0 aromatic heterocycles. The second-order valence-corrected chi connectivity index (χ2v) is 8.98. The summed E-state index contributed by atoms with van der Waals surface area (Å²) < 4.78 is 0. The molecule has 1 aromatic carbocycles. The predicted molar refractivity (Wildman–Crippen MR) is 113 cm³/mol. The number of hydrogen-bond donors (Lipinski definition) is 1. The summed E-state index contributed by atoms with van der Waals surface area (Å²) in [7, 11) is 0. The van der Waals surface area contributed by atoms with Gasteiger partial charge in [0.25, 0.3) is 0 Å². The molecule has 0 saturated carbocycles. The third kappa shape index (κ3) is 13.0. The minimum Gasteiger partial charge on any atom is -0.396 e. The Labute approximate surface area is 160 Å². The van der Waals surface area contributed by atoms with Gasteiger partial charge in [-0.1, -0.05) is 49.7 Å². The lowest BCUT2D eigenvalue weighted by Crippen LogP contribution is -1.99. The standard InChI is InChI=1S/C23H36OS/c1-23(2,3)17-16-22-14-12-21(13-15-22)11-8-6-4-5-7-9-19-25-20-10-18-24/h12-15,24H,4-11,18-20H2,1-3H3. The number of benzene rings is 1. The van der Waals surface area contributed by atoms with E-state index in [9.17, 15) is 0 Å². The van der Waals surface area contributed by atoms with Crippen molar-refractivity contribution in [2.24, 2.45) is 5.41 Å². The Morgan fingerprint density at radius 1 is 0.840 bits per heavy atom. The fourth-order valence-electron chi connectivity index (χ4n) is 2.52. The number of unbranched alkanes of at least 4 members (excludes halogenated alkanes) is 5. The van der Waals surface area contributed by atoms with Gasteiger partial charge in [-0.05, 0) is 75.7 Å². The minimum atomic E-state index is 0.0663. The van der Waals surface area contributed by atoms with E-state index in [-0.39, 0.29) is 5.41 Å². The summed E-state index contributed by atoms with van der Waals surface area (Å²) >= 11 is 1.98. The van der Waals surface area contributed by atoms with Crippen LogP contribution in [0.2, 0.25) is 0 Å². The first-order chi connectivity index (χ1) is 12.0. The molecule has 0 bridgehead atoms. The maximum absolute atomic E-state index is 8.72. The molecule has 0 aliphatic rings. The summed E-state index contributed by atoms with van der Waals surface area (Å²) in [4.78, 5) is 0. The van der Waals surface area contributed by atoms with Crippen LogP contribution in [0.4, 0.5) is 0 Å². The number of aliphatic hydroxyl groups excluding tert-OH is 1. The van der Waals surface area contributed by atoms with E-state index in [1.54, 1.807) is 0 Å². The van der Waals surface area contributed by atoms with Crippen LogP contribution in [0.5, 0.6) is 0 Å². The van der Waals surface area contributed by atoms with Crippen LogP contribution in [-0.4, -0.2) is 23.2 Å². The van der Waals surface area contributed by atoms with Crippen LogP contribution < -0.4 is 0 Å². The fraction of sp³-hybridized carbons (Fsp3) is 0.652. The zero-order chi connectivity index (χ0) is 18.4. The summed E-state index contributed by atoms with van der Waals surface area (Å²) in [5.41, 5.74) is 2.62. The summed E-state index contributed by atoms with van der Waals surface area (Å²) in [6.45, 7) is 6.76. The normalized spacial score (nSPS) is 11.2. The van der Waals surface area contributed by atoms with Crippen molar-refractivity contribution in [2.75, 3.05) is 18.1 Å². The second kappa shape index (κ2) is 13.3. The van der Waals surface area contributed by atoms with Gasteiger partial charge >= 0.3 is 0 Å². The molecule has 140 valence electrons. The van der Waals surface area contributed by atoms with Crippen LogP contribution in [0.15, 0.2) is 24.3 Å². The first-order valence-corrected chi connectivity index (χ1v) is 11.0. The zero-order valence-corrected chi connectivity index (χ0v) is 17.3. The van der Waals surface area contributed by atoms with Crippen molar-refractivity contribution in [1.82, 2.24) is 0 Å². The highest BCUT2D eigenvalue weighted by molar-refractivity contribution is 7.99. The van der Waals surface area contributed by atoms with Gasteiger partial charge in [0.15, 0.2) is 0 Å². The fourth-order valence-corrected chi connectivity index (χ4v) is 3.47. The Hall–Kier alpha value is -0.910. The van der Waals surface area contributed by atoms with E-state index >= 15 is 0 Å². The van der Waals surface area contributed by atoms with Gasteiger partial charge in [-0.3, -0.25) is 0 Å². The molecular weight excluding hydrogens is 324 g/mol. The molecule has 0 spiro atoms. The third-order valence-electron chi connectivity index (χ3n) is 3.99. The number of aliphatic hydroxyl groups is 1. The summed E-state index contributed by atoms with van der Waals surface area (Å²) in [6, 6.07) is 8.78. The molecule has 0 atom stereocenters. The molecular formula is C23H36OS. The first kappa shape index (κ1) is 22.1. The van der Waals surface area contributed by atoms with Crippen molar-refractivity contribution >= 4 is 11.8 Å². The van der Waals surface area contributed by atoms with Crippen molar-refractivity contribution in [3.8, 4) is 11.8 Å². The molecule has 0 radical (unpaired) electrons. The lowest BCUT2D eigenvalue weighted by Gasteiger charge is -2.07. The molecule has 0 unspecified atom stereocenters. The minimum absolute atomic E-state index is 0.0663. The van der Waals surface area contributed by atoms with E-state index in [2.05, 4.69) is 56.9 Å². The van der Waals surface area contributed by atoms with Crippen LogP contribution in [-0.2, 0) is 6.42 Å². The van der Waals surface area contributed by atoms with Gasteiger partial charge in [0.1, 0.15) is 0 Å². The van der Waals surface area contributed by atoms with Crippen LogP contribution in [0.25, 0.3) is 0 Å². The van der Waals surface area contributed by atoms with Crippen molar-refractivity contribution in [2.45, 2.75) is 72.1 Å². The number of aryl methyl sites for hydroxylation is 1. The Kier molecular flexibility index (Phi) is 11.8. The van der Waals surface area contributed by atoms with E-state index < -0.39 is 0 Å². The van der Waals surface area contributed by atoms with Crippen molar-refractivity contribution in [3.05, 3.63) is 35.4 Å². The highest BCUT2D eigenvalue weighted by Crippen LogP contribution is 2.14. The maximum Gasteiger partial charge on any atom is 0.0438 e. The van der Waals surface area contributed by atoms with Crippen molar-refractivity contribution in [1.29, 1.82) is 0 Å². The quantitative estimate of drug-likeness (QED) is 0.360. The second-order valence-electron chi connectivity index (χ2n) is 7.76. The Morgan fingerprint density at radius 3 is 2.08 bits per heavy atom. The van der Waals surface area contributed by atoms with Crippen LogP contribution in [0.1, 0.15) is 76.8 Å². The monoisotopic (exact) mass is 360 g/mol. The van der Waals surface area contributed by atoms with Gasteiger partial charge < -0.3 is 5.11 Å². The molecule has 0 heterocycles. The van der Waals surface area contributed by atoms with Gasteiger partial charge in [-0.15, -0.1) is 0 Å². The summed E-state index contributed by atoms with van der Waals surface area (Å²) in [5, 5.41) is 8.72. The predicted octanol–water partition coefficient (Wildman–Crippen LogP) is 6.08. The molecule has 1 N–H and O–H groups in total. The maximum atomic E-state index is 8.72. The lowest BCUT2D eigenvalue weighted by atomic mass is 9.97. The third-order valence-corrected chi connectivity index (χ3v) is 5.14. The van der Waals surface area contributed by atoms with Gasteiger partial charge in [0, 0.05) is 17.6 Å². The van der Waals surface area contributed by atoms with Crippen LogP contribution in [0, 0.1) is 17.3 Å². The zero-order valence-electron chi connectivity index (χ0n) is 16.4. The van der Waals surface area contributed by atoms with E-state index in [1.165, 1.54) is 56.3 Å². The molecule has 0 fully saturated rings. The average molecular weight is 361 g/mol. The number of hydrogen-bond acceptors (Lipinski definition) is 2. The van der Waals surface area contributed by atoms with Crippen molar-refractivity contribution < 1.29 is 5.11 Å². The van der Waals surface area contributed by atoms with E-state index in [1.807, 2.05) is 11.8 Å². The van der Waals surface area contributed by atoms with Gasteiger partial charge in [0.05, 0.1) is 0 Å². The number of rotatable bonds is 12. The highest BCUT2D eigenvalue weighted by atomic mass is 32.2. The Balaban J connectivity index is 2.06. The largest absolute Gasteiger partial charge is 0.396 e. The summed E-state index contributed by atoms with van der Waals surface area (Å²) in [6.07, 6.45) is 10.2. The average Bonchev–Trinajstić information content (AvgIpc) is 2.58. The smallest absolute Gasteiger partial charge is 0.0438 e. The van der Waals surface area contributed by atoms with Gasteiger partial charge in [-0.25, -0.2) is 0 Å². The molecule has 2 heteroatoms. The first-order valence-electron chi connectivity index (χ1n) is 9.82. The van der Waals surface area contributed by atoms with Gasteiger partial charge in [0.2, 0.25) is 0 Å². The molecule has 0 aliphatic carbocycles. The molecule has 0 saturated heterocycles. The van der Waals surface area contributed by atoms with Crippen LogP contribution in [0.3, 0.4) is 0 Å².